The molecule has 0 aromatic heterocycles. The van der Waals surface area contributed by atoms with Crippen molar-refractivity contribution in [1.82, 2.24) is 4.90 Å². The Labute approximate surface area is 72.5 Å². The van der Waals surface area contributed by atoms with Gasteiger partial charge in [-0.2, -0.15) is 0 Å². The molecule has 7 heteroatoms. The molecule has 1 aliphatic heterocycles. The Morgan fingerprint density at radius 3 is 2.46 bits per heavy atom. The second kappa shape index (κ2) is 3.40. The van der Waals surface area contributed by atoms with E-state index < -0.39 is 30.6 Å². The summed E-state index contributed by atoms with van der Waals surface area (Å²) in [4.78, 5) is 32.1. The van der Waals surface area contributed by atoms with Crippen molar-refractivity contribution in [2.24, 2.45) is 0 Å². The number of hydrogen-bond donors (Lipinski definition) is 2. The first-order valence-corrected chi connectivity index (χ1v) is 3.39. The molecule has 0 bridgehead atoms. The lowest BCUT2D eigenvalue weighted by Crippen LogP contribution is -2.55. The van der Waals surface area contributed by atoms with Gasteiger partial charge in [-0.1, -0.05) is 0 Å². The highest BCUT2D eigenvalue weighted by molar-refractivity contribution is 5.97. The first kappa shape index (κ1) is 9.46. The number of carbonyl (C=O) groups is 3. The molecule has 1 heterocycles. The van der Waals surface area contributed by atoms with E-state index in [1.165, 1.54) is 0 Å². The van der Waals surface area contributed by atoms with Gasteiger partial charge in [0.05, 0.1) is 6.61 Å². The van der Waals surface area contributed by atoms with E-state index in [1.54, 1.807) is 0 Å². The molecule has 0 radical (unpaired) electrons. The van der Waals surface area contributed by atoms with Crippen LogP contribution in [-0.2, 0) is 14.3 Å². The van der Waals surface area contributed by atoms with E-state index in [9.17, 15) is 14.4 Å². The fourth-order valence-corrected chi connectivity index (χ4v) is 0.997. The van der Waals surface area contributed by atoms with Crippen LogP contribution < -0.4 is 0 Å². The Bertz CT molecular complexity index is 262. The second-order valence-electron chi connectivity index (χ2n) is 2.42. The Morgan fingerprint density at radius 1 is 1.46 bits per heavy atom. The third-order valence-corrected chi connectivity index (χ3v) is 1.57. The van der Waals surface area contributed by atoms with Crippen LogP contribution in [0.15, 0.2) is 0 Å². The Hall–Kier alpha value is -1.63. The van der Waals surface area contributed by atoms with Crippen LogP contribution in [0.4, 0.5) is 4.79 Å². The molecular weight excluding hydrogens is 182 g/mol. The summed E-state index contributed by atoms with van der Waals surface area (Å²) in [5, 5.41) is 17.1. The summed E-state index contributed by atoms with van der Waals surface area (Å²) in [5.41, 5.74) is 0. The molecule has 1 aliphatic rings. The third kappa shape index (κ3) is 1.75. The van der Waals surface area contributed by atoms with E-state index in [-0.39, 0.29) is 11.5 Å². The van der Waals surface area contributed by atoms with E-state index in [0.717, 1.165) is 0 Å². The maximum atomic E-state index is 10.9. The molecule has 0 aromatic rings. The van der Waals surface area contributed by atoms with E-state index in [0.29, 0.717) is 0 Å². The number of rotatable bonds is 1. The number of amides is 2. The zero-order valence-electron chi connectivity index (χ0n) is 6.47. The van der Waals surface area contributed by atoms with Crippen molar-refractivity contribution < 1.29 is 29.3 Å². The number of aliphatic carboxylic acids is 1. The number of imide groups is 1. The largest absolute Gasteiger partial charge is 0.480 e. The molecule has 0 aromatic carbocycles. The SMILES string of the molecule is O=C(O)[C@@H]1COCC(=O)N1C(=O)O. The highest BCUT2D eigenvalue weighted by atomic mass is 16.5. The van der Waals surface area contributed by atoms with Crippen molar-refractivity contribution in [2.75, 3.05) is 13.2 Å². The second-order valence-corrected chi connectivity index (χ2v) is 2.42. The highest BCUT2D eigenvalue weighted by Crippen LogP contribution is 2.08. The van der Waals surface area contributed by atoms with Crippen LogP contribution in [0.5, 0.6) is 0 Å². The molecule has 7 nitrogen and oxygen atoms in total. The lowest BCUT2D eigenvalue weighted by atomic mass is 10.2. The quantitative estimate of drug-likeness (QED) is 0.546. The molecular formula is C6H7NO6. The number of nitrogens with zero attached hydrogens (tertiary/aromatic N) is 1. The number of carbonyl (C=O) groups excluding carboxylic acids is 1. The van der Waals surface area contributed by atoms with Gasteiger partial charge in [-0.15, -0.1) is 0 Å². The summed E-state index contributed by atoms with van der Waals surface area (Å²) < 4.78 is 4.60. The zero-order valence-corrected chi connectivity index (χ0v) is 6.47. The zero-order chi connectivity index (χ0) is 10.0. The summed E-state index contributed by atoms with van der Waals surface area (Å²) in [6.07, 6.45) is -1.57. The number of carboxylic acid groups (broad SMARTS) is 2. The Morgan fingerprint density at radius 2 is 2.08 bits per heavy atom. The lowest BCUT2D eigenvalue weighted by molar-refractivity contribution is -0.159. The predicted molar refractivity (Wildman–Crippen MR) is 37.1 cm³/mol. The predicted octanol–water partition coefficient (Wildman–Crippen LogP) is -1.02. The lowest BCUT2D eigenvalue weighted by Gasteiger charge is -2.28. The van der Waals surface area contributed by atoms with Gasteiger partial charge in [0.25, 0.3) is 5.91 Å². The van der Waals surface area contributed by atoms with Crippen LogP contribution in [0, 0.1) is 0 Å². The van der Waals surface area contributed by atoms with E-state index in [2.05, 4.69) is 4.74 Å². The van der Waals surface area contributed by atoms with Crippen molar-refractivity contribution in [3.63, 3.8) is 0 Å². The van der Waals surface area contributed by atoms with Crippen molar-refractivity contribution >= 4 is 18.0 Å². The molecule has 1 fully saturated rings. The fraction of sp³-hybridized carbons (Fsp3) is 0.500. The molecule has 0 aliphatic carbocycles. The monoisotopic (exact) mass is 189 g/mol. The Kier molecular flexibility index (Phi) is 2.47. The average Bonchev–Trinajstić information content (AvgIpc) is 2.02. The summed E-state index contributed by atoms with van der Waals surface area (Å²) in [6, 6.07) is -1.43. The van der Waals surface area contributed by atoms with Gasteiger partial charge in [0.15, 0.2) is 6.04 Å². The van der Waals surface area contributed by atoms with E-state index in [4.69, 9.17) is 10.2 Å². The van der Waals surface area contributed by atoms with E-state index in [1.807, 2.05) is 0 Å². The van der Waals surface area contributed by atoms with Gasteiger partial charge in [0.2, 0.25) is 0 Å². The third-order valence-electron chi connectivity index (χ3n) is 1.57. The van der Waals surface area contributed by atoms with Crippen LogP contribution in [0.2, 0.25) is 0 Å². The first-order valence-electron chi connectivity index (χ1n) is 3.39. The first-order chi connectivity index (χ1) is 6.04. The molecule has 13 heavy (non-hydrogen) atoms. The van der Waals surface area contributed by atoms with Crippen molar-refractivity contribution in [2.45, 2.75) is 6.04 Å². The topological polar surface area (TPSA) is 104 Å². The maximum absolute atomic E-state index is 10.9. The van der Waals surface area contributed by atoms with Crippen LogP contribution in [0.3, 0.4) is 0 Å². The molecule has 72 valence electrons. The molecule has 0 unspecified atom stereocenters. The van der Waals surface area contributed by atoms with Crippen LogP contribution in [-0.4, -0.2) is 52.3 Å². The number of ether oxygens (including phenoxy) is 1. The number of morpholine rings is 1. The van der Waals surface area contributed by atoms with Crippen molar-refractivity contribution in [3.05, 3.63) is 0 Å². The van der Waals surface area contributed by atoms with Gasteiger partial charge in [-0.05, 0) is 0 Å². The molecule has 1 saturated heterocycles. The Balaban J connectivity index is 2.86. The van der Waals surface area contributed by atoms with Crippen LogP contribution >= 0.6 is 0 Å². The molecule has 2 amide bonds. The summed E-state index contributed by atoms with van der Waals surface area (Å²) >= 11 is 0. The molecule has 2 N–H and O–H groups in total. The smallest absolute Gasteiger partial charge is 0.415 e. The van der Waals surface area contributed by atoms with Gasteiger partial charge in [-0.3, -0.25) is 4.79 Å². The molecule has 0 saturated carbocycles. The van der Waals surface area contributed by atoms with Gasteiger partial charge in [0, 0.05) is 0 Å². The van der Waals surface area contributed by atoms with Gasteiger partial charge >= 0.3 is 12.1 Å². The van der Waals surface area contributed by atoms with Gasteiger partial charge in [0.1, 0.15) is 6.61 Å². The molecule has 1 atom stereocenters. The van der Waals surface area contributed by atoms with E-state index >= 15 is 0 Å². The minimum Gasteiger partial charge on any atom is -0.480 e. The highest BCUT2D eigenvalue weighted by Gasteiger charge is 2.38. The normalized spacial score (nSPS) is 22.9. The van der Waals surface area contributed by atoms with Gasteiger partial charge < -0.3 is 14.9 Å². The minimum absolute atomic E-state index is 0.270. The standard InChI is InChI=1S/C6H7NO6/c8-4-2-13-1-3(5(9)10)7(4)6(11)12/h3H,1-2H2,(H,9,10)(H,11,12)/t3-/m0/s1. The fourth-order valence-electron chi connectivity index (χ4n) is 0.997. The number of carboxylic acids is 1. The molecule has 0 spiro atoms. The summed E-state index contributed by atoms with van der Waals surface area (Å²) in [6.45, 7) is -0.691. The van der Waals surface area contributed by atoms with Crippen molar-refractivity contribution in [3.8, 4) is 0 Å². The summed E-state index contributed by atoms with van der Waals surface area (Å²) in [5.74, 6) is -2.25. The maximum Gasteiger partial charge on any atom is 0.415 e. The number of hydrogen-bond acceptors (Lipinski definition) is 4. The summed E-state index contributed by atoms with van der Waals surface area (Å²) in [7, 11) is 0. The van der Waals surface area contributed by atoms with Gasteiger partial charge in [-0.25, -0.2) is 14.5 Å². The average molecular weight is 189 g/mol. The molecule has 1 rings (SSSR count). The van der Waals surface area contributed by atoms with Crippen LogP contribution in [0.25, 0.3) is 0 Å². The van der Waals surface area contributed by atoms with Crippen LogP contribution in [0.1, 0.15) is 0 Å². The minimum atomic E-state index is -1.57. The van der Waals surface area contributed by atoms with Crippen molar-refractivity contribution in [1.29, 1.82) is 0 Å².